The molecule has 0 radical (unpaired) electrons. The highest BCUT2D eigenvalue weighted by Gasteiger charge is 2.26. The molecule has 4 aromatic rings. The van der Waals surface area contributed by atoms with E-state index in [0.29, 0.717) is 23.5 Å². The van der Waals surface area contributed by atoms with E-state index in [4.69, 9.17) is 4.74 Å². The van der Waals surface area contributed by atoms with E-state index < -0.39 is 0 Å². The van der Waals surface area contributed by atoms with E-state index in [-0.39, 0.29) is 35.9 Å². The number of benzene rings is 3. The summed E-state index contributed by atoms with van der Waals surface area (Å²) in [7, 11) is 0. The molecule has 3 aromatic carbocycles. The highest BCUT2D eigenvalue weighted by atomic mass is 32.1. The van der Waals surface area contributed by atoms with Crippen molar-refractivity contribution >= 4 is 27.2 Å². The second-order valence-corrected chi connectivity index (χ2v) is 10.4. The normalized spacial score (nSPS) is 16.9. The summed E-state index contributed by atoms with van der Waals surface area (Å²) in [6.07, 6.45) is 0.890. The molecule has 0 aliphatic carbocycles. The van der Waals surface area contributed by atoms with E-state index >= 15 is 0 Å². The van der Waals surface area contributed by atoms with Crippen molar-refractivity contribution in [3.63, 3.8) is 0 Å². The number of phenols is 2. The Hall–Kier alpha value is -3.42. The third kappa shape index (κ3) is 4.94. The lowest BCUT2D eigenvalue weighted by Gasteiger charge is -2.24. The maximum absolute atomic E-state index is 13.7. The van der Waals surface area contributed by atoms with Crippen molar-refractivity contribution < 1.29 is 24.1 Å². The second-order valence-electron chi connectivity index (χ2n) is 9.35. The zero-order chi connectivity index (χ0) is 25.2. The van der Waals surface area contributed by atoms with Gasteiger partial charge in [-0.25, -0.2) is 0 Å². The number of ketones is 1. The summed E-state index contributed by atoms with van der Waals surface area (Å²) in [5, 5.41) is 20.4. The number of rotatable bonds is 8. The van der Waals surface area contributed by atoms with Crippen LogP contribution in [0.25, 0.3) is 20.5 Å². The Morgan fingerprint density at radius 2 is 1.81 bits per heavy atom. The summed E-state index contributed by atoms with van der Waals surface area (Å²) in [6.45, 7) is 3.97. The van der Waals surface area contributed by atoms with Gasteiger partial charge in [-0.1, -0.05) is 0 Å². The van der Waals surface area contributed by atoms with Gasteiger partial charge in [0.2, 0.25) is 0 Å². The number of halogens is 1. The van der Waals surface area contributed by atoms with Crippen LogP contribution in [0.4, 0.5) is 4.39 Å². The quantitative estimate of drug-likeness (QED) is 0.276. The molecule has 1 aliphatic rings. The van der Waals surface area contributed by atoms with Crippen molar-refractivity contribution in [1.82, 2.24) is 4.90 Å². The lowest BCUT2D eigenvalue weighted by Crippen LogP contribution is -2.35. The number of phenolic OH excluding ortho intramolecular Hbond substituents is 2. The molecule has 1 fully saturated rings. The van der Waals surface area contributed by atoms with E-state index in [1.54, 1.807) is 66.7 Å². The first-order chi connectivity index (χ1) is 17.4. The minimum absolute atomic E-state index is 0.121. The third-order valence-electron chi connectivity index (χ3n) is 6.80. The molecule has 186 valence electrons. The van der Waals surface area contributed by atoms with E-state index in [1.807, 2.05) is 0 Å². The van der Waals surface area contributed by atoms with Crippen molar-refractivity contribution in [3.05, 3.63) is 77.9 Å². The smallest absolute Gasteiger partial charge is 0.195 e. The maximum atomic E-state index is 13.7. The highest BCUT2D eigenvalue weighted by Crippen LogP contribution is 2.41. The number of alkyl halides is 1. The van der Waals surface area contributed by atoms with Crippen molar-refractivity contribution in [2.24, 2.45) is 5.92 Å². The van der Waals surface area contributed by atoms with Gasteiger partial charge in [0.25, 0.3) is 0 Å². The maximum Gasteiger partial charge on any atom is 0.195 e. The van der Waals surface area contributed by atoms with Gasteiger partial charge in [0.15, 0.2) is 5.78 Å². The molecule has 5 rings (SSSR count). The number of nitrogens with zero attached hydrogens (tertiary/aromatic N) is 1. The largest absolute Gasteiger partial charge is 0.508 e. The Labute approximate surface area is 213 Å². The van der Waals surface area contributed by atoms with E-state index in [1.165, 1.54) is 11.3 Å². The Balaban J connectivity index is 1.37. The van der Waals surface area contributed by atoms with Gasteiger partial charge in [-0.3, -0.25) is 14.1 Å². The molecule has 1 unspecified atom stereocenters. The molecular formula is C29H28FNO4S. The minimum Gasteiger partial charge on any atom is -0.508 e. The van der Waals surface area contributed by atoms with E-state index in [2.05, 4.69) is 11.8 Å². The molecule has 2 heterocycles. The predicted octanol–water partition coefficient (Wildman–Crippen LogP) is 6.27. The fraction of sp³-hybridized carbons (Fsp3) is 0.276. The molecule has 1 aliphatic heterocycles. The topological polar surface area (TPSA) is 70.0 Å². The van der Waals surface area contributed by atoms with Crippen LogP contribution in [0.3, 0.4) is 0 Å². The molecule has 2 N–H and O–H groups in total. The van der Waals surface area contributed by atoms with Crippen LogP contribution in [0.2, 0.25) is 0 Å². The second kappa shape index (κ2) is 10.3. The highest BCUT2D eigenvalue weighted by molar-refractivity contribution is 7.22. The number of fused-ring (bicyclic) bond motifs is 1. The van der Waals surface area contributed by atoms with Crippen LogP contribution >= 0.6 is 11.3 Å². The van der Waals surface area contributed by atoms with Crippen LogP contribution in [0, 0.1) is 5.92 Å². The Kier molecular flexibility index (Phi) is 6.94. The monoisotopic (exact) mass is 505 g/mol. The van der Waals surface area contributed by atoms with Crippen LogP contribution < -0.4 is 4.74 Å². The number of carbonyl (C=O) groups excluding carboxylic acids is 1. The predicted molar refractivity (Wildman–Crippen MR) is 141 cm³/mol. The van der Waals surface area contributed by atoms with Crippen molar-refractivity contribution in [2.75, 3.05) is 26.4 Å². The van der Waals surface area contributed by atoms with Gasteiger partial charge in [0.1, 0.15) is 23.9 Å². The molecule has 0 saturated carbocycles. The van der Waals surface area contributed by atoms with Gasteiger partial charge in [0, 0.05) is 44.6 Å². The van der Waals surface area contributed by atoms with E-state index in [9.17, 15) is 19.4 Å². The van der Waals surface area contributed by atoms with Gasteiger partial charge in [-0.05, 0) is 92.2 Å². The first-order valence-electron chi connectivity index (χ1n) is 12.1. The van der Waals surface area contributed by atoms with Gasteiger partial charge in [-0.15, -0.1) is 11.3 Å². The van der Waals surface area contributed by atoms with Crippen molar-refractivity contribution in [1.29, 1.82) is 0 Å². The molecule has 2 atom stereocenters. The molecule has 0 spiro atoms. The standard InChI is InChI=1S/C29H28FNO4S/c1-18(31-13-12-19(15-30)16-31)17-35-24-9-4-20(5-10-24)28(34)27-25-11-8-23(33)14-26(25)36-29(27)21-2-6-22(32)7-3-21/h2-11,14,18-19,32-33H,12-13,15-17H2,1H3/t18-,19?/m0/s1. The third-order valence-corrected chi connectivity index (χ3v) is 8.00. The molecular weight excluding hydrogens is 477 g/mol. The van der Waals surface area contributed by atoms with Gasteiger partial charge >= 0.3 is 0 Å². The van der Waals surface area contributed by atoms with Crippen LogP contribution in [-0.2, 0) is 0 Å². The van der Waals surface area contributed by atoms with Crippen LogP contribution in [-0.4, -0.2) is 53.3 Å². The SMILES string of the molecule is C[C@@H](COc1ccc(C(=O)c2c(-c3ccc(O)cc3)sc3cc(O)ccc23)cc1)N1CCC(CF)C1. The van der Waals surface area contributed by atoms with Crippen LogP contribution in [0.1, 0.15) is 29.3 Å². The van der Waals surface area contributed by atoms with Gasteiger partial charge < -0.3 is 14.9 Å². The first kappa shape index (κ1) is 24.3. The molecule has 1 aromatic heterocycles. The summed E-state index contributed by atoms with van der Waals surface area (Å²) in [4.78, 5) is 16.7. The van der Waals surface area contributed by atoms with Crippen molar-refractivity contribution in [3.8, 4) is 27.7 Å². The molecule has 7 heteroatoms. The summed E-state index contributed by atoms with van der Waals surface area (Å²) < 4.78 is 19.7. The fourth-order valence-corrected chi connectivity index (χ4v) is 5.92. The average molecular weight is 506 g/mol. The Bertz CT molecular complexity index is 1370. The lowest BCUT2D eigenvalue weighted by molar-refractivity contribution is 0.104. The van der Waals surface area contributed by atoms with Gasteiger partial charge in [-0.2, -0.15) is 0 Å². The zero-order valence-electron chi connectivity index (χ0n) is 20.0. The number of likely N-dealkylation sites (tertiary alicyclic amines) is 1. The summed E-state index contributed by atoms with van der Waals surface area (Å²) in [5.41, 5.74) is 1.93. The molecule has 1 saturated heterocycles. The summed E-state index contributed by atoms with van der Waals surface area (Å²) in [6, 6.07) is 19.1. The Morgan fingerprint density at radius 3 is 2.50 bits per heavy atom. The van der Waals surface area contributed by atoms with Crippen molar-refractivity contribution in [2.45, 2.75) is 19.4 Å². The number of hydrogen-bond acceptors (Lipinski definition) is 6. The van der Waals surface area contributed by atoms with Gasteiger partial charge in [0.05, 0.1) is 6.67 Å². The minimum atomic E-state index is -0.269. The van der Waals surface area contributed by atoms with Crippen LogP contribution in [0.5, 0.6) is 17.2 Å². The Morgan fingerprint density at radius 1 is 1.08 bits per heavy atom. The number of aromatic hydroxyl groups is 2. The lowest BCUT2D eigenvalue weighted by atomic mass is 9.97. The number of carbonyl (C=O) groups is 1. The molecule has 0 amide bonds. The fourth-order valence-electron chi connectivity index (χ4n) is 4.68. The molecule has 5 nitrogen and oxygen atoms in total. The molecule has 36 heavy (non-hydrogen) atoms. The zero-order valence-corrected chi connectivity index (χ0v) is 20.8. The van der Waals surface area contributed by atoms with Crippen LogP contribution in [0.15, 0.2) is 66.7 Å². The summed E-state index contributed by atoms with van der Waals surface area (Å²) >= 11 is 1.43. The number of thiophene rings is 1. The number of hydrogen-bond donors (Lipinski definition) is 2. The first-order valence-corrected chi connectivity index (χ1v) is 12.9. The number of ether oxygens (including phenoxy) is 1. The summed E-state index contributed by atoms with van der Waals surface area (Å²) in [5.74, 6) is 0.983. The average Bonchev–Trinajstić information content (AvgIpc) is 3.52. The molecule has 0 bridgehead atoms. The van der Waals surface area contributed by atoms with E-state index in [0.717, 1.165) is 40.0 Å².